The van der Waals surface area contributed by atoms with Gasteiger partial charge in [-0.3, -0.25) is 0 Å². The van der Waals surface area contributed by atoms with Crippen molar-refractivity contribution in [3.05, 3.63) is 0 Å². The fourth-order valence-electron chi connectivity index (χ4n) is 3.26. The van der Waals surface area contributed by atoms with Crippen LogP contribution in [0.15, 0.2) is 0 Å². The van der Waals surface area contributed by atoms with E-state index in [0.29, 0.717) is 6.04 Å². The van der Waals surface area contributed by atoms with E-state index < -0.39 is 0 Å². The molecule has 1 nitrogen and oxygen atoms in total. The molecule has 0 aromatic rings. The van der Waals surface area contributed by atoms with Gasteiger partial charge in [0.15, 0.2) is 0 Å². The Morgan fingerprint density at radius 1 is 1.00 bits per heavy atom. The SMILES string of the molecule is C#CCNC1CCC2CCCC2CC1. The highest BCUT2D eigenvalue weighted by molar-refractivity contribution is 4.90. The summed E-state index contributed by atoms with van der Waals surface area (Å²) in [5.41, 5.74) is 0. The average molecular weight is 191 g/mol. The Labute approximate surface area is 87.7 Å². The summed E-state index contributed by atoms with van der Waals surface area (Å²) in [5.74, 6) is 4.77. The first-order valence-electron chi connectivity index (χ1n) is 6.07. The molecule has 0 heterocycles. The van der Waals surface area contributed by atoms with E-state index in [1.165, 1.54) is 44.9 Å². The molecule has 2 aliphatic rings. The molecule has 2 saturated carbocycles. The van der Waals surface area contributed by atoms with Gasteiger partial charge in [-0.2, -0.15) is 0 Å². The number of hydrogen-bond acceptors (Lipinski definition) is 1. The highest BCUT2D eigenvalue weighted by atomic mass is 14.9. The van der Waals surface area contributed by atoms with E-state index in [1.54, 1.807) is 0 Å². The molecule has 0 amide bonds. The van der Waals surface area contributed by atoms with Gasteiger partial charge in [-0.1, -0.05) is 25.2 Å². The molecule has 2 atom stereocenters. The summed E-state index contributed by atoms with van der Waals surface area (Å²) in [6, 6.07) is 0.705. The molecule has 0 aliphatic heterocycles. The number of fused-ring (bicyclic) bond motifs is 1. The smallest absolute Gasteiger partial charge is 0.0575 e. The standard InChI is InChI=1S/C13H21N/c1-2-10-14-13-8-6-11-4-3-5-12(11)7-9-13/h1,11-14H,3-10H2. The molecule has 2 aliphatic carbocycles. The Morgan fingerprint density at radius 3 is 2.21 bits per heavy atom. The summed E-state index contributed by atoms with van der Waals surface area (Å²) in [5, 5.41) is 3.46. The molecule has 2 fully saturated rings. The van der Waals surface area contributed by atoms with E-state index in [1.807, 2.05) is 0 Å². The van der Waals surface area contributed by atoms with E-state index in [9.17, 15) is 0 Å². The van der Waals surface area contributed by atoms with Gasteiger partial charge in [0.2, 0.25) is 0 Å². The van der Waals surface area contributed by atoms with Crippen LogP contribution in [0.1, 0.15) is 44.9 Å². The lowest BCUT2D eigenvalue weighted by Gasteiger charge is -2.14. The minimum absolute atomic E-state index is 0.705. The molecular weight excluding hydrogens is 170 g/mol. The third-order valence-electron chi connectivity index (χ3n) is 4.08. The van der Waals surface area contributed by atoms with Crippen LogP contribution in [0.4, 0.5) is 0 Å². The van der Waals surface area contributed by atoms with Gasteiger partial charge in [-0.25, -0.2) is 0 Å². The number of rotatable bonds is 2. The second-order valence-corrected chi connectivity index (χ2v) is 4.89. The summed E-state index contributed by atoms with van der Waals surface area (Å²) in [6.07, 6.45) is 15.3. The van der Waals surface area contributed by atoms with Crippen LogP contribution < -0.4 is 5.32 Å². The lowest BCUT2D eigenvalue weighted by Crippen LogP contribution is -2.28. The average Bonchev–Trinajstić information content (AvgIpc) is 2.57. The third kappa shape index (κ3) is 2.30. The lowest BCUT2D eigenvalue weighted by atomic mass is 9.92. The van der Waals surface area contributed by atoms with Crippen LogP contribution in [0.25, 0.3) is 0 Å². The Morgan fingerprint density at radius 2 is 1.64 bits per heavy atom. The van der Waals surface area contributed by atoms with Crippen LogP contribution in [0.5, 0.6) is 0 Å². The zero-order chi connectivity index (χ0) is 9.80. The van der Waals surface area contributed by atoms with Crippen molar-refractivity contribution in [1.29, 1.82) is 0 Å². The molecule has 78 valence electrons. The van der Waals surface area contributed by atoms with Gasteiger partial charge in [0.05, 0.1) is 6.54 Å². The predicted octanol–water partition coefficient (Wildman–Crippen LogP) is 2.57. The van der Waals surface area contributed by atoms with Crippen molar-refractivity contribution in [3.8, 4) is 12.3 Å². The van der Waals surface area contributed by atoms with Gasteiger partial charge < -0.3 is 5.32 Å². The summed E-state index contributed by atoms with van der Waals surface area (Å²) >= 11 is 0. The molecule has 14 heavy (non-hydrogen) atoms. The molecule has 0 radical (unpaired) electrons. The Balaban J connectivity index is 1.81. The Kier molecular flexibility index (Phi) is 3.48. The minimum atomic E-state index is 0.705. The second kappa shape index (κ2) is 4.84. The van der Waals surface area contributed by atoms with Crippen LogP contribution in [0.3, 0.4) is 0 Å². The summed E-state index contributed by atoms with van der Waals surface area (Å²) in [7, 11) is 0. The van der Waals surface area contributed by atoms with Crippen LogP contribution in [0.2, 0.25) is 0 Å². The third-order valence-corrected chi connectivity index (χ3v) is 4.08. The summed E-state index contributed by atoms with van der Waals surface area (Å²) < 4.78 is 0. The maximum absolute atomic E-state index is 5.26. The number of nitrogens with one attached hydrogen (secondary N) is 1. The van der Waals surface area contributed by atoms with Crippen LogP contribution >= 0.6 is 0 Å². The molecule has 2 rings (SSSR count). The van der Waals surface area contributed by atoms with E-state index in [0.717, 1.165) is 18.4 Å². The quantitative estimate of drug-likeness (QED) is 0.661. The second-order valence-electron chi connectivity index (χ2n) is 4.89. The highest BCUT2D eigenvalue weighted by Gasteiger charge is 2.30. The molecule has 0 saturated heterocycles. The summed E-state index contributed by atoms with van der Waals surface area (Å²) in [4.78, 5) is 0. The number of terminal acetylenes is 1. The van der Waals surface area contributed by atoms with Crippen molar-refractivity contribution in [2.24, 2.45) is 11.8 Å². The van der Waals surface area contributed by atoms with Gasteiger partial charge in [0, 0.05) is 6.04 Å². The maximum Gasteiger partial charge on any atom is 0.0575 e. The Hall–Kier alpha value is -0.480. The molecule has 2 unspecified atom stereocenters. The van der Waals surface area contributed by atoms with Gasteiger partial charge in [0.25, 0.3) is 0 Å². The Bertz CT molecular complexity index is 202. The lowest BCUT2D eigenvalue weighted by molar-refractivity contribution is 0.367. The van der Waals surface area contributed by atoms with Crippen molar-refractivity contribution < 1.29 is 0 Å². The van der Waals surface area contributed by atoms with Gasteiger partial charge in [-0.05, 0) is 37.5 Å². The maximum atomic E-state index is 5.26. The molecule has 0 spiro atoms. The fourth-order valence-corrected chi connectivity index (χ4v) is 3.26. The van der Waals surface area contributed by atoms with Crippen molar-refractivity contribution in [2.45, 2.75) is 51.0 Å². The first-order valence-corrected chi connectivity index (χ1v) is 6.07. The van der Waals surface area contributed by atoms with Crippen LogP contribution in [-0.4, -0.2) is 12.6 Å². The van der Waals surface area contributed by atoms with Crippen molar-refractivity contribution in [2.75, 3.05) is 6.54 Å². The minimum Gasteiger partial charge on any atom is -0.303 e. The molecular formula is C13H21N. The molecule has 1 N–H and O–H groups in total. The first kappa shape index (κ1) is 10.1. The largest absolute Gasteiger partial charge is 0.303 e. The van der Waals surface area contributed by atoms with Crippen molar-refractivity contribution in [3.63, 3.8) is 0 Å². The zero-order valence-corrected chi connectivity index (χ0v) is 8.97. The fraction of sp³-hybridized carbons (Fsp3) is 0.846. The monoisotopic (exact) mass is 191 g/mol. The predicted molar refractivity (Wildman–Crippen MR) is 59.9 cm³/mol. The normalized spacial score (nSPS) is 37.2. The topological polar surface area (TPSA) is 12.0 Å². The molecule has 0 bridgehead atoms. The first-order chi connectivity index (χ1) is 6.90. The van der Waals surface area contributed by atoms with Crippen molar-refractivity contribution in [1.82, 2.24) is 5.32 Å². The van der Waals surface area contributed by atoms with E-state index in [2.05, 4.69) is 11.2 Å². The van der Waals surface area contributed by atoms with E-state index in [-0.39, 0.29) is 0 Å². The molecule has 0 aromatic carbocycles. The van der Waals surface area contributed by atoms with Crippen LogP contribution in [0, 0.1) is 24.2 Å². The van der Waals surface area contributed by atoms with Gasteiger partial charge >= 0.3 is 0 Å². The highest BCUT2D eigenvalue weighted by Crippen LogP contribution is 2.40. The van der Waals surface area contributed by atoms with Crippen LogP contribution in [-0.2, 0) is 0 Å². The van der Waals surface area contributed by atoms with Gasteiger partial charge in [-0.15, -0.1) is 6.42 Å². The number of hydrogen-bond donors (Lipinski definition) is 1. The van der Waals surface area contributed by atoms with Crippen molar-refractivity contribution >= 4 is 0 Å². The van der Waals surface area contributed by atoms with E-state index >= 15 is 0 Å². The molecule has 0 aromatic heterocycles. The molecule has 1 heteroatoms. The zero-order valence-electron chi connectivity index (χ0n) is 8.97. The summed E-state index contributed by atoms with van der Waals surface area (Å²) in [6.45, 7) is 0.750. The van der Waals surface area contributed by atoms with E-state index in [4.69, 9.17) is 6.42 Å². The van der Waals surface area contributed by atoms with Gasteiger partial charge in [0.1, 0.15) is 0 Å².